The molecule has 0 unspecified atom stereocenters. The molecule has 1 saturated heterocycles. The van der Waals surface area contributed by atoms with Gasteiger partial charge in [-0.15, -0.1) is 0 Å². The Balaban J connectivity index is 1.62. The fourth-order valence-corrected chi connectivity index (χ4v) is 3.03. The Morgan fingerprint density at radius 2 is 2.18 bits per heavy atom. The third kappa shape index (κ3) is 3.53. The molecule has 0 spiro atoms. The Bertz CT molecular complexity index is 665. The van der Waals surface area contributed by atoms with Gasteiger partial charge in [-0.2, -0.15) is 4.98 Å². The van der Waals surface area contributed by atoms with Crippen LogP contribution in [0.5, 0.6) is 0 Å². The lowest BCUT2D eigenvalue weighted by molar-refractivity contribution is -0.123. The first-order valence-electron chi connectivity index (χ1n) is 7.22. The second-order valence-electron chi connectivity index (χ2n) is 5.47. The van der Waals surface area contributed by atoms with Crippen molar-refractivity contribution in [1.29, 1.82) is 0 Å². The number of likely N-dealkylation sites (tertiary alicyclic amines) is 1. The average molecular weight is 365 g/mol. The van der Waals surface area contributed by atoms with Crippen molar-refractivity contribution < 1.29 is 9.32 Å². The van der Waals surface area contributed by atoms with Gasteiger partial charge in [-0.25, -0.2) is 0 Å². The molecule has 2 heterocycles. The Kier molecular flexibility index (Phi) is 4.54. The molecule has 1 aromatic carbocycles. The molecule has 1 aliphatic rings. The van der Waals surface area contributed by atoms with Crippen LogP contribution in [0.4, 0.5) is 0 Å². The number of benzene rings is 1. The van der Waals surface area contributed by atoms with Crippen molar-refractivity contribution in [1.82, 2.24) is 15.0 Å². The Hall–Kier alpha value is -1.73. The molecule has 0 radical (unpaired) electrons. The van der Waals surface area contributed by atoms with Crippen molar-refractivity contribution in [2.75, 3.05) is 13.1 Å². The van der Waals surface area contributed by atoms with E-state index in [2.05, 4.69) is 31.0 Å². The normalized spacial score (nSPS) is 16.8. The molecule has 3 rings (SSSR count). The van der Waals surface area contributed by atoms with Crippen LogP contribution < -0.4 is 5.73 Å². The Morgan fingerprint density at radius 3 is 2.86 bits per heavy atom. The van der Waals surface area contributed by atoms with Crippen molar-refractivity contribution in [2.24, 2.45) is 11.7 Å². The number of carbonyl (C=O) groups is 1. The maximum Gasteiger partial charge on any atom is 0.241 e. The van der Waals surface area contributed by atoms with Gasteiger partial charge in [0.05, 0.1) is 6.54 Å². The van der Waals surface area contributed by atoms with Gasteiger partial charge < -0.3 is 10.3 Å². The Labute approximate surface area is 136 Å². The molecular weight excluding hydrogens is 348 g/mol. The van der Waals surface area contributed by atoms with E-state index in [4.69, 9.17) is 10.3 Å². The van der Waals surface area contributed by atoms with Crippen molar-refractivity contribution in [3.63, 3.8) is 0 Å². The highest BCUT2D eigenvalue weighted by molar-refractivity contribution is 9.10. The molecule has 2 N–H and O–H groups in total. The molecule has 0 atom stereocenters. The number of hydrogen-bond donors (Lipinski definition) is 1. The average Bonchev–Trinajstić information content (AvgIpc) is 2.96. The predicted octanol–water partition coefficient (Wildman–Crippen LogP) is 2.20. The lowest BCUT2D eigenvalue weighted by Gasteiger charge is -2.29. The van der Waals surface area contributed by atoms with E-state index in [1.54, 1.807) is 0 Å². The highest BCUT2D eigenvalue weighted by Gasteiger charge is 2.24. The number of carbonyl (C=O) groups excluding carboxylic acids is 1. The van der Waals surface area contributed by atoms with Crippen LogP contribution in [-0.2, 0) is 11.3 Å². The monoisotopic (exact) mass is 364 g/mol. The molecule has 22 heavy (non-hydrogen) atoms. The molecule has 7 heteroatoms. The second-order valence-corrected chi connectivity index (χ2v) is 6.39. The minimum absolute atomic E-state index is 0.00355. The number of piperidine rings is 1. The summed E-state index contributed by atoms with van der Waals surface area (Å²) in [6, 6.07) is 7.78. The SMILES string of the molecule is NC(=O)C1CCN(Cc2nc(-c3cccc(Br)c3)no2)CC1. The number of nitrogens with two attached hydrogens (primary N) is 1. The van der Waals surface area contributed by atoms with Crippen LogP contribution in [0.3, 0.4) is 0 Å². The first kappa shape index (κ1) is 15.2. The van der Waals surface area contributed by atoms with Gasteiger partial charge in [0.15, 0.2) is 0 Å². The van der Waals surface area contributed by atoms with Crippen molar-refractivity contribution in [3.05, 3.63) is 34.6 Å². The van der Waals surface area contributed by atoms with E-state index < -0.39 is 0 Å². The van der Waals surface area contributed by atoms with Crippen LogP contribution in [0.1, 0.15) is 18.7 Å². The maximum absolute atomic E-state index is 11.2. The molecule has 1 aromatic heterocycles. The van der Waals surface area contributed by atoms with E-state index in [0.717, 1.165) is 36.0 Å². The summed E-state index contributed by atoms with van der Waals surface area (Å²) < 4.78 is 6.30. The van der Waals surface area contributed by atoms with Gasteiger partial charge in [0.2, 0.25) is 17.6 Å². The lowest BCUT2D eigenvalue weighted by Crippen LogP contribution is -2.38. The summed E-state index contributed by atoms with van der Waals surface area (Å²) in [6.07, 6.45) is 1.59. The molecule has 1 amide bonds. The van der Waals surface area contributed by atoms with Crippen molar-refractivity contribution in [2.45, 2.75) is 19.4 Å². The number of halogens is 1. The van der Waals surface area contributed by atoms with Crippen LogP contribution in [0.25, 0.3) is 11.4 Å². The number of aromatic nitrogens is 2. The first-order valence-corrected chi connectivity index (χ1v) is 8.01. The van der Waals surface area contributed by atoms with E-state index in [1.165, 1.54) is 0 Å². The van der Waals surface area contributed by atoms with Crippen molar-refractivity contribution >= 4 is 21.8 Å². The lowest BCUT2D eigenvalue weighted by atomic mass is 9.96. The van der Waals surface area contributed by atoms with E-state index >= 15 is 0 Å². The zero-order valence-corrected chi connectivity index (χ0v) is 13.6. The fourth-order valence-electron chi connectivity index (χ4n) is 2.63. The van der Waals surface area contributed by atoms with Gasteiger partial charge in [-0.1, -0.05) is 33.2 Å². The van der Waals surface area contributed by atoms with Crippen LogP contribution >= 0.6 is 15.9 Å². The third-order valence-electron chi connectivity index (χ3n) is 3.90. The molecular formula is C15H17BrN4O2. The van der Waals surface area contributed by atoms with Gasteiger partial charge in [-0.05, 0) is 38.1 Å². The molecule has 116 valence electrons. The minimum Gasteiger partial charge on any atom is -0.369 e. The van der Waals surface area contributed by atoms with Crippen LogP contribution in [0, 0.1) is 5.92 Å². The first-order chi connectivity index (χ1) is 10.6. The van der Waals surface area contributed by atoms with E-state index in [0.29, 0.717) is 18.3 Å². The van der Waals surface area contributed by atoms with Gasteiger partial charge in [-0.3, -0.25) is 9.69 Å². The third-order valence-corrected chi connectivity index (χ3v) is 4.39. The van der Waals surface area contributed by atoms with Crippen LogP contribution in [0.15, 0.2) is 33.3 Å². The molecule has 0 saturated carbocycles. The number of hydrogen-bond acceptors (Lipinski definition) is 5. The van der Waals surface area contributed by atoms with Crippen molar-refractivity contribution in [3.8, 4) is 11.4 Å². The summed E-state index contributed by atoms with van der Waals surface area (Å²) in [5.41, 5.74) is 6.26. The summed E-state index contributed by atoms with van der Waals surface area (Å²) in [6.45, 7) is 2.25. The molecule has 2 aromatic rings. The van der Waals surface area contributed by atoms with Gasteiger partial charge in [0, 0.05) is 16.0 Å². The molecule has 6 nitrogen and oxygen atoms in total. The van der Waals surface area contributed by atoms with E-state index in [1.807, 2.05) is 24.3 Å². The van der Waals surface area contributed by atoms with Gasteiger partial charge >= 0.3 is 0 Å². The number of primary amides is 1. The minimum atomic E-state index is -0.200. The summed E-state index contributed by atoms with van der Waals surface area (Å²) in [7, 11) is 0. The smallest absolute Gasteiger partial charge is 0.241 e. The maximum atomic E-state index is 11.2. The molecule has 1 fully saturated rings. The second kappa shape index (κ2) is 6.58. The highest BCUT2D eigenvalue weighted by Crippen LogP contribution is 2.22. The zero-order valence-electron chi connectivity index (χ0n) is 12.0. The predicted molar refractivity (Wildman–Crippen MR) is 84.6 cm³/mol. The molecule has 1 aliphatic heterocycles. The Morgan fingerprint density at radius 1 is 1.41 bits per heavy atom. The summed E-state index contributed by atoms with van der Waals surface area (Å²) >= 11 is 3.43. The number of amides is 1. The summed E-state index contributed by atoms with van der Waals surface area (Å²) in [4.78, 5) is 17.8. The topological polar surface area (TPSA) is 85.3 Å². The highest BCUT2D eigenvalue weighted by atomic mass is 79.9. The quantitative estimate of drug-likeness (QED) is 0.898. The van der Waals surface area contributed by atoms with Crippen LogP contribution in [0.2, 0.25) is 0 Å². The number of nitrogens with zero attached hydrogens (tertiary/aromatic N) is 3. The van der Waals surface area contributed by atoms with Gasteiger partial charge in [0.25, 0.3) is 0 Å². The zero-order chi connectivity index (χ0) is 15.5. The summed E-state index contributed by atoms with van der Waals surface area (Å²) in [5.74, 6) is 0.973. The fraction of sp³-hybridized carbons (Fsp3) is 0.400. The largest absolute Gasteiger partial charge is 0.369 e. The van der Waals surface area contributed by atoms with Gasteiger partial charge in [0.1, 0.15) is 0 Å². The summed E-state index contributed by atoms with van der Waals surface area (Å²) in [5, 5.41) is 4.03. The van der Waals surface area contributed by atoms with E-state index in [-0.39, 0.29) is 11.8 Å². The molecule has 0 bridgehead atoms. The standard InChI is InChI=1S/C15H17BrN4O2/c16-12-3-1-2-11(8-12)15-18-13(22-19-15)9-20-6-4-10(5-7-20)14(17)21/h1-3,8,10H,4-7,9H2,(H2,17,21). The van der Waals surface area contributed by atoms with E-state index in [9.17, 15) is 4.79 Å². The number of rotatable bonds is 4. The van der Waals surface area contributed by atoms with Crippen LogP contribution in [-0.4, -0.2) is 34.0 Å². The molecule has 0 aliphatic carbocycles.